The molecule has 0 bridgehead atoms. The molecule has 1 unspecified atom stereocenters. The van der Waals surface area contributed by atoms with Crippen LogP contribution in [0, 0.1) is 23.0 Å². The Kier molecular flexibility index (Phi) is 3.82. The summed E-state index contributed by atoms with van der Waals surface area (Å²) in [5, 5.41) is 10.6. The van der Waals surface area contributed by atoms with Gasteiger partial charge in [-0.1, -0.05) is 6.07 Å². The van der Waals surface area contributed by atoms with Crippen LogP contribution in [0.25, 0.3) is 0 Å². The van der Waals surface area contributed by atoms with E-state index >= 15 is 0 Å². The van der Waals surface area contributed by atoms with Crippen molar-refractivity contribution < 1.29 is 8.78 Å². The zero-order valence-corrected chi connectivity index (χ0v) is 11.3. The van der Waals surface area contributed by atoms with Crippen molar-refractivity contribution >= 4 is 17.0 Å². The highest BCUT2D eigenvalue weighted by atomic mass is 32.1. The second kappa shape index (κ2) is 5.37. The molecule has 0 N–H and O–H groups in total. The van der Waals surface area contributed by atoms with E-state index in [0.29, 0.717) is 0 Å². The third kappa shape index (κ3) is 2.59. The van der Waals surface area contributed by atoms with Crippen molar-refractivity contribution in [2.45, 2.75) is 13.0 Å². The van der Waals surface area contributed by atoms with Crippen molar-refractivity contribution in [3.63, 3.8) is 0 Å². The molecule has 2 nitrogen and oxygen atoms in total. The molecule has 19 heavy (non-hydrogen) atoms. The highest BCUT2D eigenvalue weighted by Gasteiger charge is 2.21. The summed E-state index contributed by atoms with van der Waals surface area (Å²) in [4.78, 5) is 2.56. The fourth-order valence-electron chi connectivity index (χ4n) is 1.88. The van der Waals surface area contributed by atoms with E-state index in [1.807, 2.05) is 24.4 Å². The van der Waals surface area contributed by atoms with E-state index in [1.54, 1.807) is 13.1 Å². The first-order valence-electron chi connectivity index (χ1n) is 5.70. The fraction of sp³-hybridized carbons (Fsp3) is 0.214. The van der Waals surface area contributed by atoms with E-state index in [0.717, 1.165) is 17.0 Å². The molecule has 1 heterocycles. The van der Waals surface area contributed by atoms with Gasteiger partial charge < -0.3 is 4.90 Å². The lowest BCUT2D eigenvalue weighted by atomic mass is 10.1. The Bertz CT molecular complexity index is 594. The third-order valence-corrected chi connectivity index (χ3v) is 4.08. The van der Waals surface area contributed by atoms with Crippen LogP contribution in [0.3, 0.4) is 0 Å². The molecule has 98 valence electrons. The molecule has 1 aromatic heterocycles. The maximum atomic E-state index is 13.9. The van der Waals surface area contributed by atoms with E-state index in [-0.39, 0.29) is 17.3 Å². The molecule has 2 aromatic rings. The Balaban J connectivity index is 2.39. The Morgan fingerprint density at radius 2 is 1.95 bits per heavy atom. The first-order valence-corrected chi connectivity index (χ1v) is 6.58. The van der Waals surface area contributed by atoms with Crippen molar-refractivity contribution in [2.24, 2.45) is 0 Å². The fourth-order valence-corrected chi connectivity index (χ4v) is 2.71. The first kappa shape index (κ1) is 13.5. The highest BCUT2D eigenvalue weighted by molar-refractivity contribution is 7.10. The summed E-state index contributed by atoms with van der Waals surface area (Å²) in [6.45, 7) is 1.88. The second-order valence-electron chi connectivity index (χ2n) is 4.20. The van der Waals surface area contributed by atoms with Crippen LogP contribution in [-0.4, -0.2) is 7.05 Å². The second-order valence-corrected chi connectivity index (χ2v) is 5.18. The lowest BCUT2D eigenvalue weighted by Crippen LogP contribution is -2.23. The van der Waals surface area contributed by atoms with Gasteiger partial charge in [-0.15, -0.1) is 11.3 Å². The molecule has 0 radical (unpaired) electrons. The van der Waals surface area contributed by atoms with E-state index in [9.17, 15) is 8.78 Å². The monoisotopic (exact) mass is 278 g/mol. The number of anilines is 1. The van der Waals surface area contributed by atoms with Gasteiger partial charge in [-0.2, -0.15) is 5.26 Å². The van der Waals surface area contributed by atoms with Crippen LogP contribution in [0.5, 0.6) is 0 Å². The first-order chi connectivity index (χ1) is 9.04. The number of hydrogen-bond acceptors (Lipinski definition) is 3. The Morgan fingerprint density at radius 3 is 2.42 bits per heavy atom. The molecule has 5 heteroatoms. The maximum Gasteiger partial charge on any atom is 0.150 e. The van der Waals surface area contributed by atoms with E-state index in [1.165, 1.54) is 16.2 Å². The van der Waals surface area contributed by atoms with Gasteiger partial charge in [0, 0.05) is 11.9 Å². The van der Waals surface area contributed by atoms with Crippen LogP contribution in [0.15, 0.2) is 29.6 Å². The Morgan fingerprint density at radius 1 is 1.32 bits per heavy atom. The minimum Gasteiger partial charge on any atom is -0.362 e. The summed E-state index contributed by atoms with van der Waals surface area (Å²) in [6, 6.07) is 7.52. The lowest BCUT2D eigenvalue weighted by Gasteiger charge is -2.27. The summed E-state index contributed by atoms with van der Waals surface area (Å²) >= 11 is 1.53. The van der Waals surface area contributed by atoms with Crippen molar-refractivity contribution in [3.8, 4) is 6.07 Å². The standard InChI is InChI=1S/C14H12F2N2S/c1-9(13-4-3-5-19-13)18(2)14-11(15)6-10(8-17)7-12(14)16/h3-7,9H,1-2H3. The molecule has 0 saturated carbocycles. The molecule has 1 atom stereocenters. The molecule has 0 fully saturated rings. The zero-order chi connectivity index (χ0) is 14.0. The molecule has 2 rings (SSSR count). The number of benzene rings is 1. The largest absolute Gasteiger partial charge is 0.362 e. The SMILES string of the molecule is CC(c1cccs1)N(C)c1c(F)cc(C#N)cc1F. The number of halogens is 2. The van der Waals surface area contributed by atoms with Gasteiger partial charge in [0.25, 0.3) is 0 Å². The minimum absolute atomic E-state index is 0.0177. The predicted octanol–water partition coefficient (Wildman–Crippen LogP) is 4.10. The van der Waals surface area contributed by atoms with Gasteiger partial charge in [-0.25, -0.2) is 8.78 Å². The molecular weight excluding hydrogens is 266 g/mol. The number of hydrogen-bond donors (Lipinski definition) is 0. The number of nitriles is 1. The Hall–Kier alpha value is -1.93. The van der Waals surface area contributed by atoms with Crippen molar-refractivity contribution in [1.82, 2.24) is 0 Å². The smallest absolute Gasteiger partial charge is 0.150 e. The summed E-state index contributed by atoms with van der Waals surface area (Å²) in [7, 11) is 1.64. The lowest BCUT2D eigenvalue weighted by molar-refractivity contribution is 0.566. The van der Waals surface area contributed by atoms with Gasteiger partial charge in [0.05, 0.1) is 17.7 Å². The van der Waals surface area contributed by atoms with Crippen LogP contribution >= 0.6 is 11.3 Å². The van der Waals surface area contributed by atoms with Crippen LogP contribution < -0.4 is 4.90 Å². The molecule has 0 aliphatic heterocycles. The van der Waals surface area contributed by atoms with Crippen LogP contribution in [-0.2, 0) is 0 Å². The van der Waals surface area contributed by atoms with Crippen molar-refractivity contribution in [1.29, 1.82) is 5.26 Å². The van der Waals surface area contributed by atoms with E-state index in [4.69, 9.17) is 5.26 Å². The quantitative estimate of drug-likeness (QED) is 0.845. The molecule has 0 aliphatic carbocycles. The minimum atomic E-state index is -0.720. The van der Waals surface area contributed by atoms with Crippen molar-refractivity contribution in [3.05, 3.63) is 51.7 Å². The molecule has 0 spiro atoms. The van der Waals surface area contributed by atoms with Gasteiger partial charge in [0.1, 0.15) is 5.69 Å². The molecule has 1 aromatic carbocycles. The van der Waals surface area contributed by atoms with Crippen molar-refractivity contribution in [2.75, 3.05) is 11.9 Å². The van der Waals surface area contributed by atoms with E-state index in [2.05, 4.69) is 0 Å². The average molecular weight is 278 g/mol. The molecular formula is C14H12F2N2S. The van der Waals surface area contributed by atoms with Gasteiger partial charge in [-0.3, -0.25) is 0 Å². The van der Waals surface area contributed by atoms with Gasteiger partial charge in [0.15, 0.2) is 11.6 Å². The normalized spacial score (nSPS) is 11.9. The van der Waals surface area contributed by atoms with Crippen LogP contribution in [0.1, 0.15) is 23.4 Å². The summed E-state index contributed by atoms with van der Waals surface area (Å²) in [5.41, 5.74) is -0.129. The molecule has 0 amide bonds. The van der Waals surface area contributed by atoms with Crippen LogP contribution in [0.4, 0.5) is 14.5 Å². The van der Waals surface area contributed by atoms with E-state index < -0.39 is 11.6 Å². The molecule has 0 aliphatic rings. The summed E-state index contributed by atoms with van der Waals surface area (Å²) in [6.07, 6.45) is 0. The average Bonchev–Trinajstić information content (AvgIpc) is 2.90. The van der Waals surface area contributed by atoms with Gasteiger partial charge in [-0.05, 0) is 30.5 Å². The Labute approximate surface area is 114 Å². The third-order valence-electron chi connectivity index (χ3n) is 3.03. The number of nitrogens with zero attached hydrogens (tertiary/aromatic N) is 2. The highest BCUT2D eigenvalue weighted by Crippen LogP contribution is 2.32. The van der Waals surface area contributed by atoms with Crippen LogP contribution in [0.2, 0.25) is 0 Å². The maximum absolute atomic E-state index is 13.9. The number of thiophene rings is 1. The molecule has 0 saturated heterocycles. The summed E-state index contributed by atoms with van der Waals surface area (Å²) < 4.78 is 27.8. The summed E-state index contributed by atoms with van der Waals surface area (Å²) in [5.74, 6) is -1.44. The predicted molar refractivity (Wildman–Crippen MR) is 72.2 cm³/mol. The topological polar surface area (TPSA) is 27.0 Å². The van der Waals surface area contributed by atoms with Gasteiger partial charge in [0.2, 0.25) is 0 Å². The number of rotatable bonds is 3. The zero-order valence-electron chi connectivity index (χ0n) is 10.5. The van der Waals surface area contributed by atoms with Gasteiger partial charge >= 0.3 is 0 Å².